The molecule has 0 unspecified atom stereocenters. The molecule has 0 heterocycles. The summed E-state index contributed by atoms with van der Waals surface area (Å²) in [6, 6.07) is 5.50. The molecule has 3 heteroatoms. The molecular formula is C11H12ClNO. The minimum absolute atomic E-state index is 0.359. The first-order chi connectivity index (χ1) is 6.77. The predicted octanol–water partition coefficient (Wildman–Crippen LogP) is 2.20. The van der Waals surface area contributed by atoms with Crippen LogP contribution < -0.4 is 10.5 Å². The maximum Gasteiger partial charge on any atom is 0.149 e. The fourth-order valence-electron chi connectivity index (χ4n) is 0.974. The van der Waals surface area contributed by atoms with E-state index in [4.69, 9.17) is 22.1 Å². The van der Waals surface area contributed by atoms with Gasteiger partial charge in [-0.15, -0.1) is 5.92 Å². The average molecular weight is 210 g/mol. The summed E-state index contributed by atoms with van der Waals surface area (Å²) in [6.45, 7) is 2.61. The molecule has 0 saturated heterocycles. The van der Waals surface area contributed by atoms with Crippen molar-refractivity contribution in [3.05, 3.63) is 28.8 Å². The van der Waals surface area contributed by atoms with Crippen LogP contribution >= 0.6 is 11.6 Å². The Morgan fingerprint density at radius 3 is 2.86 bits per heavy atom. The van der Waals surface area contributed by atoms with E-state index in [0.29, 0.717) is 23.9 Å². The van der Waals surface area contributed by atoms with Crippen LogP contribution in [0.15, 0.2) is 18.2 Å². The zero-order valence-corrected chi connectivity index (χ0v) is 8.77. The second-order valence-corrected chi connectivity index (χ2v) is 3.09. The lowest BCUT2D eigenvalue weighted by molar-refractivity contribution is 0.370. The van der Waals surface area contributed by atoms with Crippen LogP contribution in [0.3, 0.4) is 0 Å². The third-order valence-corrected chi connectivity index (χ3v) is 2.00. The topological polar surface area (TPSA) is 35.2 Å². The molecule has 1 aromatic carbocycles. The molecule has 0 aliphatic carbocycles. The first-order valence-corrected chi connectivity index (χ1v) is 4.66. The van der Waals surface area contributed by atoms with Crippen molar-refractivity contribution in [3.63, 3.8) is 0 Å². The fraction of sp³-hybridized carbons (Fsp3) is 0.273. The van der Waals surface area contributed by atoms with E-state index in [1.54, 1.807) is 13.0 Å². The Morgan fingerprint density at radius 1 is 1.50 bits per heavy atom. The summed E-state index contributed by atoms with van der Waals surface area (Å²) in [7, 11) is 0. The molecule has 0 radical (unpaired) electrons. The van der Waals surface area contributed by atoms with Gasteiger partial charge in [-0.25, -0.2) is 0 Å². The Labute approximate surface area is 89.0 Å². The SMILES string of the molecule is CC#CCOc1ccc(CN)cc1Cl. The molecule has 0 amide bonds. The number of hydrogen-bond donors (Lipinski definition) is 1. The van der Waals surface area contributed by atoms with Crippen molar-refractivity contribution in [2.24, 2.45) is 5.73 Å². The van der Waals surface area contributed by atoms with E-state index in [1.165, 1.54) is 0 Å². The first kappa shape index (κ1) is 10.9. The lowest BCUT2D eigenvalue weighted by Crippen LogP contribution is -1.98. The number of hydrogen-bond acceptors (Lipinski definition) is 2. The predicted molar refractivity (Wildman–Crippen MR) is 58.3 cm³/mol. The molecular weight excluding hydrogens is 198 g/mol. The maximum absolute atomic E-state index is 5.96. The van der Waals surface area contributed by atoms with Crippen LogP contribution in [0.1, 0.15) is 12.5 Å². The number of rotatable bonds is 3. The number of halogens is 1. The molecule has 2 nitrogen and oxygen atoms in total. The zero-order valence-electron chi connectivity index (χ0n) is 8.01. The lowest BCUT2D eigenvalue weighted by atomic mass is 10.2. The van der Waals surface area contributed by atoms with Crippen LogP contribution in [0.2, 0.25) is 5.02 Å². The van der Waals surface area contributed by atoms with Crippen LogP contribution in [0.4, 0.5) is 0 Å². The Bertz CT molecular complexity index is 365. The monoisotopic (exact) mass is 209 g/mol. The van der Waals surface area contributed by atoms with Gasteiger partial charge in [-0.05, 0) is 24.6 Å². The summed E-state index contributed by atoms with van der Waals surface area (Å²) >= 11 is 5.96. The number of benzene rings is 1. The molecule has 0 aromatic heterocycles. The van der Waals surface area contributed by atoms with E-state index in [0.717, 1.165) is 5.56 Å². The van der Waals surface area contributed by atoms with E-state index in [9.17, 15) is 0 Å². The van der Waals surface area contributed by atoms with Gasteiger partial charge < -0.3 is 10.5 Å². The highest BCUT2D eigenvalue weighted by molar-refractivity contribution is 6.32. The Kier molecular flexibility index (Phi) is 4.31. The third-order valence-electron chi connectivity index (χ3n) is 1.71. The normalized spacial score (nSPS) is 9.07. The number of ether oxygens (including phenoxy) is 1. The number of nitrogens with two attached hydrogens (primary N) is 1. The van der Waals surface area contributed by atoms with Crippen molar-refractivity contribution >= 4 is 11.6 Å². The Hall–Kier alpha value is -1.17. The van der Waals surface area contributed by atoms with Gasteiger partial charge in [0.05, 0.1) is 5.02 Å². The van der Waals surface area contributed by atoms with Crippen molar-refractivity contribution in [2.45, 2.75) is 13.5 Å². The van der Waals surface area contributed by atoms with Crippen molar-refractivity contribution in [3.8, 4) is 17.6 Å². The zero-order chi connectivity index (χ0) is 10.4. The summed E-state index contributed by atoms with van der Waals surface area (Å²) in [5.74, 6) is 6.18. The second-order valence-electron chi connectivity index (χ2n) is 2.68. The van der Waals surface area contributed by atoms with Crippen LogP contribution in [-0.4, -0.2) is 6.61 Å². The maximum atomic E-state index is 5.96. The van der Waals surface area contributed by atoms with Crippen molar-refractivity contribution in [1.29, 1.82) is 0 Å². The van der Waals surface area contributed by atoms with Crippen LogP contribution in [0.25, 0.3) is 0 Å². The molecule has 0 bridgehead atoms. The van der Waals surface area contributed by atoms with Crippen molar-refractivity contribution < 1.29 is 4.74 Å². The second kappa shape index (κ2) is 5.54. The summed E-state index contributed by atoms with van der Waals surface area (Å²) in [4.78, 5) is 0. The molecule has 0 atom stereocenters. The Morgan fingerprint density at radius 2 is 2.29 bits per heavy atom. The first-order valence-electron chi connectivity index (χ1n) is 4.29. The molecule has 0 aliphatic rings. The smallest absolute Gasteiger partial charge is 0.149 e. The van der Waals surface area contributed by atoms with E-state index < -0.39 is 0 Å². The molecule has 0 aliphatic heterocycles. The molecule has 1 aromatic rings. The highest BCUT2D eigenvalue weighted by atomic mass is 35.5. The van der Waals surface area contributed by atoms with E-state index in [2.05, 4.69) is 11.8 Å². The molecule has 14 heavy (non-hydrogen) atoms. The van der Waals surface area contributed by atoms with Gasteiger partial charge in [0.15, 0.2) is 0 Å². The quantitative estimate of drug-likeness (QED) is 0.775. The molecule has 0 fully saturated rings. The van der Waals surface area contributed by atoms with Gasteiger partial charge >= 0.3 is 0 Å². The lowest BCUT2D eigenvalue weighted by Gasteiger charge is -2.05. The van der Waals surface area contributed by atoms with Gasteiger partial charge in [0.1, 0.15) is 12.4 Å². The third kappa shape index (κ3) is 2.95. The van der Waals surface area contributed by atoms with E-state index >= 15 is 0 Å². The van der Waals surface area contributed by atoms with Gasteiger partial charge in [0.2, 0.25) is 0 Å². The van der Waals surface area contributed by atoms with E-state index in [1.807, 2.05) is 12.1 Å². The Balaban J connectivity index is 2.71. The van der Waals surface area contributed by atoms with Crippen molar-refractivity contribution in [1.82, 2.24) is 0 Å². The molecule has 0 saturated carbocycles. The molecule has 1 rings (SSSR count). The van der Waals surface area contributed by atoms with Gasteiger partial charge in [0, 0.05) is 6.54 Å². The minimum Gasteiger partial charge on any atom is -0.479 e. The van der Waals surface area contributed by atoms with Crippen LogP contribution in [0.5, 0.6) is 5.75 Å². The minimum atomic E-state index is 0.359. The molecule has 74 valence electrons. The van der Waals surface area contributed by atoms with Gasteiger partial charge in [0.25, 0.3) is 0 Å². The van der Waals surface area contributed by atoms with Crippen LogP contribution in [-0.2, 0) is 6.54 Å². The highest BCUT2D eigenvalue weighted by Gasteiger charge is 2.01. The summed E-state index contributed by atoms with van der Waals surface area (Å²) in [5, 5.41) is 0.575. The highest BCUT2D eigenvalue weighted by Crippen LogP contribution is 2.25. The average Bonchev–Trinajstić information content (AvgIpc) is 2.20. The molecule has 2 N–H and O–H groups in total. The largest absolute Gasteiger partial charge is 0.479 e. The van der Waals surface area contributed by atoms with Gasteiger partial charge in [-0.1, -0.05) is 23.6 Å². The molecule has 0 spiro atoms. The van der Waals surface area contributed by atoms with Crippen LogP contribution in [0, 0.1) is 11.8 Å². The van der Waals surface area contributed by atoms with Gasteiger partial charge in [-0.2, -0.15) is 0 Å². The standard InChI is InChI=1S/C11H12ClNO/c1-2-3-6-14-11-5-4-9(8-13)7-10(11)12/h4-5,7H,6,8,13H2,1H3. The summed E-state index contributed by atoms with van der Waals surface area (Å²) < 4.78 is 5.33. The summed E-state index contributed by atoms with van der Waals surface area (Å²) in [5.41, 5.74) is 6.46. The van der Waals surface area contributed by atoms with Crippen molar-refractivity contribution in [2.75, 3.05) is 6.61 Å². The van der Waals surface area contributed by atoms with Gasteiger partial charge in [-0.3, -0.25) is 0 Å². The fourth-order valence-corrected chi connectivity index (χ4v) is 1.23. The summed E-state index contributed by atoms with van der Waals surface area (Å²) in [6.07, 6.45) is 0. The van der Waals surface area contributed by atoms with E-state index in [-0.39, 0.29) is 0 Å².